The van der Waals surface area contributed by atoms with Crippen LogP contribution in [0.2, 0.25) is 0 Å². The highest BCUT2D eigenvalue weighted by atomic mass is 16.5. The molecule has 1 aromatic rings. The summed E-state index contributed by atoms with van der Waals surface area (Å²) in [7, 11) is 1.46. The molecule has 0 bridgehead atoms. The Hall–Kier alpha value is -2.08. The minimum Gasteiger partial charge on any atom is -0.494 e. The van der Waals surface area contributed by atoms with Crippen LogP contribution in [0.25, 0.3) is 0 Å². The average molecular weight is 267 g/mol. The molecule has 0 heterocycles. The van der Waals surface area contributed by atoms with Crippen LogP contribution in [0.4, 0.5) is 0 Å². The van der Waals surface area contributed by atoms with E-state index in [1.54, 1.807) is 24.3 Å². The van der Waals surface area contributed by atoms with Gasteiger partial charge in [0.2, 0.25) is 0 Å². The number of likely N-dealkylation sites (N-methyl/N-ethyl adjacent to an activating group) is 1. The van der Waals surface area contributed by atoms with E-state index in [2.05, 4.69) is 0 Å². The Labute approximate surface area is 111 Å². The van der Waals surface area contributed by atoms with Crippen molar-refractivity contribution in [1.29, 1.82) is 0 Å². The van der Waals surface area contributed by atoms with Crippen LogP contribution in [-0.2, 0) is 9.59 Å². The van der Waals surface area contributed by atoms with Crippen LogP contribution in [0, 0.1) is 0 Å². The van der Waals surface area contributed by atoms with Crippen molar-refractivity contribution in [3.8, 4) is 5.75 Å². The number of ether oxygens (including phenoxy) is 1. The second-order valence-corrected chi connectivity index (χ2v) is 4.05. The molecule has 0 aromatic heterocycles. The number of nitrogens with zero attached hydrogens (tertiary/aromatic N) is 1. The number of hydrogen-bond donors (Lipinski definition) is 2. The van der Waals surface area contributed by atoms with Crippen LogP contribution in [0.1, 0.15) is 18.5 Å². The summed E-state index contributed by atoms with van der Waals surface area (Å²) in [6.45, 7) is 2.04. The average Bonchev–Trinajstić information content (AvgIpc) is 2.30. The summed E-state index contributed by atoms with van der Waals surface area (Å²) < 4.78 is 5.27. The van der Waals surface area contributed by atoms with Crippen molar-refractivity contribution in [2.75, 3.05) is 20.2 Å². The lowest BCUT2D eigenvalue weighted by Gasteiger charge is -2.23. The molecule has 0 spiro atoms. The first-order valence-corrected chi connectivity index (χ1v) is 5.83. The SMILES string of the molecule is CCOc1ccc(C(C(=O)O)N(C)CC(=O)O)cc1. The Bertz CT molecular complexity index is 443. The van der Waals surface area contributed by atoms with Crippen LogP contribution in [0.15, 0.2) is 24.3 Å². The number of carboxylic acids is 2. The Balaban J connectivity index is 2.92. The number of hydrogen-bond acceptors (Lipinski definition) is 4. The van der Waals surface area contributed by atoms with Crippen molar-refractivity contribution >= 4 is 11.9 Å². The zero-order valence-electron chi connectivity index (χ0n) is 10.9. The van der Waals surface area contributed by atoms with Crippen molar-refractivity contribution in [2.24, 2.45) is 0 Å². The van der Waals surface area contributed by atoms with Crippen LogP contribution in [0.5, 0.6) is 5.75 Å². The minimum atomic E-state index is -1.09. The van der Waals surface area contributed by atoms with E-state index >= 15 is 0 Å². The molecule has 0 amide bonds. The highest BCUT2D eigenvalue weighted by Crippen LogP contribution is 2.22. The molecule has 2 N–H and O–H groups in total. The Morgan fingerprint density at radius 2 is 1.84 bits per heavy atom. The molecule has 0 saturated carbocycles. The molecule has 0 radical (unpaired) electrons. The molecule has 1 rings (SSSR count). The highest BCUT2D eigenvalue weighted by molar-refractivity contribution is 5.77. The van der Waals surface area contributed by atoms with Gasteiger partial charge in [-0.2, -0.15) is 0 Å². The summed E-state index contributed by atoms with van der Waals surface area (Å²) in [4.78, 5) is 23.2. The van der Waals surface area contributed by atoms with Gasteiger partial charge in [0.25, 0.3) is 0 Å². The molecule has 6 heteroatoms. The molecule has 104 valence electrons. The molecule has 1 atom stereocenters. The number of rotatable bonds is 7. The summed E-state index contributed by atoms with van der Waals surface area (Å²) in [5.41, 5.74) is 0.514. The molecule has 1 unspecified atom stereocenters. The summed E-state index contributed by atoms with van der Waals surface area (Å²) in [6.07, 6.45) is 0. The summed E-state index contributed by atoms with van der Waals surface area (Å²) in [5, 5.41) is 17.9. The van der Waals surface area contributed by atoms with Crippen molar-refractivity contribution in [1.82, 2.24) is 4.90 Å². The second kappa shape index (κ2) is 6.75. The third kappa shape index (κ3) is 4.26. The lowest BCUT2D eigenvalue weighted by Crippen LogP contribution is -2.34. The van der Waals surface area contributed by atoms with E-state index in [0.717, 1.165) is 0 Å². The fourth-order valence-corrected chi connectivity index (χ4v) is 1.80. The number of carboxylic acid groups (broad SMARTS) is 2. The third-order valence-corrected chi connectivity index (χ3v) is 2.57. The van der Waals surface area contributed by atoms with E-state index in [0.29, 0.717) is 17.9 Å². The lowest BCUT2D eigenvalue weighted by molar-refractivity contribution is -0.145. The van der Waals surface area contributed by atoms with E-state index in [1.165, 1.54) is 11.9 Å². The first kappa shape index (κ1) is 15.0. The number of aliphatic carboxylic acids is 2. The van der Waals surface area contributed by atoms with Crippen LogP contribution in [0.3, 0.4) is 0 Å². The predicted molar refractivity (Wildman–Crippen MR) is 68.3 cm³/mol. The quantitative estimate of drug-likeness (QED) is 0.772. The van der Waals surface area contributed by atoms with Crippen molar-refractivity contribution in [2.45, 2.75) is 13.0 Å². The van der Waals surface area contributed by atoms with Gasteiger partial charge in [0.1, 0.15) is 11.8 Å². The normalized spacial score (nSPS) is 12.2. The van der Waals surface area contributed by atoms with Gasteiger partial charge in [-0.25, -0.2) is 0 Å². The van der Waals surface area contributed by atoms with Gasteiger partial charge in [-0.15, -0.1) is 0 Å². The lowest BCUT2D eigenvalue weighted by atomic mass is 10.1. The molecule has 0 aliphatic heterocycles. The second-order valence-electron chi connectivity index (χ2n) is 4.05. The third-order valence-electron chi connectivity index (χ3n) is 2.57. The zero-order chi connectivity index (χ0) is 14.4. The molecule has 0 aliphatic rings. The van der Waals surface area contributed by atoms with E-state index in [9.17, 15) is 14.7 Å². The fraction of sp³-hybridized carbons (Fsp3) is 0.385. The molecular weight excluding hydrogens is 250 g/mol. The molecule has 0 aliphatic carbocycles. The molecule has 0 saturated heterocycles. The van der Waals surface area contributed by atoms with Gasteiger partial charge in [-0.05, 0) is 31.7 Å². The van der Waals surface area contributed by atoms with Crippen LogP contribution < -0.4 is 4.74 Å². The fourth-order valence-electron chi connectivity index (χ4n) is 1.80. The Morgan fingerprint density at radius 1 is 1.26 bits per heavy atom. The molecular formula is C13H17NO5. The van der Waals surface area contributed by atoms with Gasteiger partial charge in [0, 0.05) is 0 Å². The van der Waals surface area contributed by atoms with Gasteiger partial charge in [0.15, 0.2) is 0 Å². The van der Waals surface area contributed by atoms with Crippen molar-refractivity contribution in [3.05, 3.63) is 29.8 Å². The van der Waals surface area contributed by atoms with Gasteiger partial charge < -0.3 is 14.9 Å². The minimum absolute atomic E-state index is 0.343. The van der Waals surface area contributed by atoms with Crippen molar-refractivity contribution < 1.29 is 24.5 Å². The summed E-state index contributed by atoms with van der Waals surface area (Å²) >= 11 is 0. The van der Waals surface area contributed by atoms with Gasteiger partial charge in [-0.1, -0.05) is 12.1 Å². The predicted octanol–water partition coefficient (Wildman–Crippen LogP) is 1.23. The van der Waals surface area contributed by atoms with Gasteiger partial charge in [-0.3, -0.25) is 14.5 Å². The maximum absolute atomic E-state index is 11.3. The van der Waals surface area contributed by atoms with E-state index < -0.39 is 18.0 Å². The largest absolute Gasteiger partial charge is 0.494 e. The van der Waals surface area contributed by atoms with Crippen LogP contribution >= 0.6 is 0 Å². The molecule has 6 nitrogen and oxygen atoms in total. The van der Waals surface area contributed by atoms with E-state index in [1.807, 2.05) is 6.92 Å². The summed E-state index contributed by atoms with van der Waals surface area (Å²) in [5.74, 6) is -1.51. The smallest absolute Gasteiger partial charge is 0.325 e. The topological polar surface area (TPSA) is 87.1 Å². The van der Waals surface area contributed by atoms with E-state index in [-0.39, 0.29) is 6.54 Å². The maximum atomic E-state index is 11.3. The Morgan fingerprint density at radius 3 is 2.26 bits per heavy atom. The number of benzene rings is 1. The first-order valence-electron chi connectivity index (χ1n) is 5.83. The molecule has 19 heavy (non-hydrogen) atoms. The van der Waals surface area contributed by atoms with Gasteiger partial charge >= 0.3 is 11.9 Å². The van der Waals surface area contributed by atoms with Crippen molar-refractivity contribution in [3.63, 3.8) is 0 Å². The molecule has 0 fully saturated rings. The van der Waals surface area contributed by atoms with Gasteiger partial charge in [0.05, 0.1) is 13.2 Å². The number of carbonyl (C=O) groups is 2. The zero-order valence-corrected chi connectivity index (χ0v) is 10.9. The van der Waals surface area contributed by atoms with Crippen LogP contribution in [-0.4, -0.2) is 47.3 Å². The highest BCUT2D eigenvalue weighted by Gasteiger charge is 2.25. The maximum Gasteiger partial charge on any atom is 0.325 e. The Kier molecular flexibility index (Phi) is 5.32. The first-order chi connectivity index (χ1) is 8.95. The monoisotopic (exact) mass is 267 g/mol. The molecule has 1 aromatic carbocycles. The standard InChI is InChI=1S/C13H17NO5/c1-3-19-10-6-4-9(5-7-10)12(13(17)18)14(2)8-11(15)16/h4-7,12H,3,8H2,1-2H3,(H,15,16)(H,17,18). The van der Waals surface area contributed by atoms with E-state index in [4.69, 9.17) is 9.84 Å². The summed E-state index contributed by atoms with van der Waals surface area (Å²) in [6, 6.07) is 5.60.